The smallest absolute Gasteiger partial charge is 0.200 e. The Labute approximate surface area is 120 Å². The highest BCUT2D eigenvalue weighted by molar-refractivity contribution is 5.81. The van der Waals surface area contributed by atoms with Crippen LogP contribution in [0.4, 0.5) is 27.6 Å². The minimum absolute atomic E-state index is 0.201. The molecule has 2 aromatic carbocycles. The van der Waals surface area contributed by atoms with Crippen LogP contribution in [0.2, 0.25) is 0 Å². The molecule has 3 N–H and O–H groups in total. The molecular formula is C13H7F5N2O2. The van der Waals surface area contributed by atoms with E-state index in [1.807, 2.05) is 0 Å². The Balaban J connectivity index is 2.28. The predicted molar refractivity (Wildman–Crippen MR) is 67.2 cm³/mol. The lowest BCUT2D eigenvalue weighted by Crippen LogP contribution is -2.06. The Hall–Kier alpha value is -2.84. The molecule has 2 rings (SSSR count). The Kier molecular flexibility index (Phi) is 4.15. The average molecular weight is 318 g/mol. The van der Waals surface area contributed by atoms with E-state index >= 15 is 0 Å². The number of hydrogen-bond donors (Lipinski definition) is 3. The van der Waals surface area contributed by atoms with Gasteiger partial charge in [0.1, 0.15) is 5.69 Å². The maximum absolute atomic E-state index is 13.3. The van der Waals surface area contributed by atoms with E-state index in [1.165, 1.54) is 6.07 Å². The van der Waals surface area contributed by atoms with Gasteiger partial charge in [-0.3, -0.25) is 5.43 Å². The van der Waals surface area contributed by atoms with Gasteiger partial charge < -0.3 is 10.2 Å². The van der Waals surface area contributed by atoms with Gasteiger partial charge in [-0.15, -0.1) is 0 Å². The number of rotatable bonds is 3. The topological polar surface area (TPSA) is 64.9 Å². The molecule has 0 unspecified atom stereocenters. The highest BCUT2D eigenvalue weighted by Gasteiger charge is 2.25. The van der Waals surface area contributed by atoms with E-state index in [4.69, 9.17) is 5.11 Å². The standard InChI is InChI=1S/C13H7F5N2O2/c14-8-9(15)11(17)13(12(18)10(8)16)20-19-4-5-1-2-6(21)7(22)3-5/h1-4,20-22H/b19-4+. The van der Waals surface area contributed by atoms with E-state index in [0.29, 0.717) is 0 Å². The second-order valence-corrected chi connectivity index (χ2v) is 4.06. The molecule has 0 atom stereocenters. The number of aromatic hydroxyl groups is 2. The highest BCUT2D eigenvalue weighted by Crippen LogP contribution is 2.27. The molecular weight excluding hydrogens is 311 g/mol. The predicted octanol–water partition coefficient (Wildman–Crippen LogP) is 3.24. The van der Waals surface area contributed by atoms with Crippen molar-refractivity contribution in [3.63, 3.8) is 0 Å². The SMILES string of the molecule is Oc1ccc(/C=N/Nc2c(F)c(F)c(F)c(F)c2F)cc1O. The first-order chi connectivity index (χ1) is 10.3. The van der Waals surface area contributed by atoms with Crippen molar-refractivity contribution in [3.8, 4) is 11.5 Å². The summed E-state index contributed by atoms with van der Waals surface area (Å²) < 4.78 is 65.3. The van der Waals surface area contributed by atoms with Crippen molar-refractivity contribution in [1.82, 2.24) is 0 Å². The van der Waals surface area contributed by atoms with Crippen molar-refractivity contribution in [1.29, 1.82) is 0 Å². The van der Waals surface area contributed by atoms with Crippen LogP contribution >= 0.6 is 0 Å². The van der Waals surface area contributed by atoms with Crippen molar-refractivity contribution in [3.05, 3.63) is 52.8 Å². The molecule has 0 saturated heterocycles. The Morgan fingerprint density at radius 2 is 1.36 bits per heavy atom. The minimum atomic E-state index is -2.27. The fourth-order valence-electron chi connectivity index (χ4n) is 1.50. The fraction of sp³-hybridized carbons (Fsp3) is 0. The number of nitrogens with one attached hydrogen (secondary N) is 1. The molecule has 0 aliphatic carbocycles. The van der Waals surface area contributed by atoms with Crippen LogP contribution in [0.3, 0.4) is 0 Å². The summed E-state index contributed by atoms with van der Waals surface area (Å²) in [6.07, 6.45) is 0.942. The molecule has 0 radical (unpaired) electrons. The van der Waals surface area contributed by atoms with Gasteiger partial charge in [0.2, 0.25) is 5.82 Å². The minimum Gasteiger partial charge on any atom is -0.504 e. The molecule has 0 aliphatic rings. The van der Waals surface area contributed by atoms with Crippen LogP contribution in [0.1, 0.15) is 5.56 Å². The summed E-state index contributed by atoms with van der Waals surface area (Å²) in [6, 6.07) is 3.48. The van der Waals surface area contributed by atoms with Crippen molar-refractivity contribution in [2.45, 2.75) is 0 Å². The number of anilines is 1. The maximum Gasteiger partial charge on any atom is 0.200 e. The van der Waals surface area contributed by atoms with Gasteiger partial charge in [-0.2, -0.15) is 5.10 Å². The first-order valence-electron chi connectivity index (χ1n) is 5.65. The lowest BCUT2D eigenvalue weighted by atomic mass is 10.2. The van der Waals surface area contributed by atoms with Crippen LogP contribution < -0.4 is 5.43 Å². The molecule has 22 heavy (non-hydrogen) atoms. The van der Waals surface area contributed by atoms with Crippen LogP contribution in [0.15, 0.2) is 23.3 Å². The third-order valence-corrected chi connectivity index (χ3v) is 2.60. The first kappa shape index (κ1) is 15.5. The van der Waals surface area contributed by atoms with Gasteiger partial charge >= 0.3 is 0 Å². The third kappa shape index (κ3) is 2.78. The second kappa shape index (κ2) is 5.88. The van der Waals surface area contributed by atoms with E-state index in [0.717, 1.165) is 18.3 Å². The van der Waals surface area contributed by atoms with Gasteiger partial charge in [-0.25, -0.2) is 22.0 Å². The molecule has 0 fully saturated rings. The summed E-state index contributed by atoms with van der Waals surface area (Å²) in [5.74, 6) is -11.4. The molecule has 0 aliphatic heterocycles. The van der Waals surface area contributed by atoms with Crippen molar-refractivity contribution in [2.24, 2.45) is 5.10 Å². The zero-order chi connectivity index (χ0) is 16.4. The van der Waals surface area contributed by atoms with E-state index in [2.05, 4.69) is 5.10 Å². The zero-order valence-electron chi connectivity index (χ0n) is 10.5. The second-order valence-electron chi connectivity index (χ2n) is 4.06. The van der Waals surface area contributed by atoms with Gasteiger partial charge in [0.15, 0.2) is 34.8 Å². The molecule has 116 valence electrons. The van der Waals surface area contributed by atoms with E-state index in [-0.39, 0.29) is 5.56 Å². The Bertz CT molecular complexity index is 736. The largest absolute Gasteiger partial charge is 0.504 e. The summed E-state index contributed by atoms with van der Waals surface area (Å²) in [7, 11) is 0. The molecule has 0 heterocycles. The van der Waals surface area contributed by atoms with E-state index in [1.54, 1.807) is 5.43 Å². The third-order valence-electron chi connectivity index (χ3n) is 2.60. The number of halogens is 5. The van der Waals surface area contributed by atoms with Crippen molar-refractivity contribution >= 4 is 11.9 Å². The quantitative estimate of drug-likeness (QED) is 0.203. The molecule has 4 nitrogen and oxygen atoms in total. The number of hydrogen-bond acceptors (Lipinski definition) is 4. The number of nitrogens with zero attached hydrogens (tertiary/aromatic N) is 1. The van der Waals surface area contributed by atoms with Crippen LogP contribution in [0.5, 0.6) is 11.5 Å². The van der Waals surface area contributed by atoms with Crippen LogP contribution in [0, 0.1) is 29.1 Å². The number of hydrazone groups is 1. The van der Waals surface area contributed by atoms with Crippen LogP contribution in [0.25, 0.3) is 0 Å². The molecule has 9 heteroatoms. The summed E-state index contributed by atoms with van der Waals surface area (Å²) in [5, 5.41) is 21.6. The van der Waals surface area contributed by atoms with Gasteiger partial charge in [0.25, 0.3) is 0 Å². The highest BCUT2D eigenvalue weighted by atomic mass is 19.2. The molecule has 0 amide bonds. The average Bonchev–Trinajstić information content (AvgIpc) is 2.50. The molecule has 0 aromatic heterocycles. The van der Waals surface area contributed by atoms with Crippen LogP contribution in [-0.2, 0) is 0 Å². The first-order valence-corrected chi connectivity index (χ1v) is 5.65. The summed E-state index contributed by atoms with van der Waals surface area (Å²) in [4.78, 5) is 0. The Morgan fingerprint density at radius 3 is 1.91 bits per heavy atom. The lowest BCUT2D eigenvalue weighted by molar-refractivity contribution is 0.381. The lowest BCUT2D eigenvalue weighted by Gasteiger charge is -2.07. The van der Waals surface area contributed by atoms with Crippen molar-refractivity contribution in [2.75, 3.05) is 5.43 Å². The summed E-state index contributed by atoms with van der Waals surface area (Å²) in [5.41, 5.74) is 0.592. The zero-order valence-corrected chi connectivity index (χ0v) is 10.5. The van der Waals surface area contributed by atoms with Gasteiger partial charge in [0, 0.05) is 0 Å². The summed E-state index contributed by atoms with van der Waals surface area (Å²) in [6.45, 7) is 0. The fourth-order valence-corrected chi connectivity index (χ4v) is 1.50. The van der Waals surface area contributed by atoms with Crippen LogP contribution in [-0.4, -0.2) is 16.4 Å². The number of benzene rings is 2. The monoisotopic (exact) mass is 318 g/mol. The molecule has 0 saturated carbocycles. The van der Waals surface area contributed by atoms with Gasteiger partial charge in [-0.1, -0.05) is 0 Å². The Morgan fingerprint density at radius 1 is 0.818 bits per heavy atom. The molecule has 2 aromatic rings. The number of phenols is 2. The maximum atomic E-state index is 13.3. The van der Waals surface area contributed by atoms with Gasteiger partial charge in [-0.05, 0) is 23.8 Å². The molecule has 0 spiro atoms. The summed E-state index contributed by atoms with van der Waals surface area (Å²) >= 11 is 0. The molecule has 0 bridgehead atoms. The normalized spacial score (nSPS) is 11.1. The van der Waals surface area contributed by atoms with Crippen molar-refractivity contribution < 1.29 is 32.2 Å². The van der Waals surface area contributed by atoms with E-state index in [9.17, 15) is 27.1 Å². The van der Waals surface area contributed by atoms with E-state index < -0.39 is 46.3 Å². The number of phenolic OH excluding ortho intramolecular Hbond substituents is 2. The van der Waals surface area contributed by atoms with Gasteiger partial charge in [0.05, 0.1) is 6.21 Å².